The third-order valence-corrected chi connectivity index (χ3v) is 6.84. The quantitative estimate of drug-likeness (QED) is 0.337. The summed E-state index contributed by atoms with van der Waals surface area (Å²) < 4.78 is 42.6. The fraction of sp³-hybridized carbons (Fsp3) is 0.231. The molecule has 3 rings (SSSR count). The first-order valence-corrected chi connectivity index (χ1v) is 12.1. The Morgan fingerprint density at radius 3 is 2.17 bits per heavy atom. The van der Waals surface area contributed by atoms with Crippen LogP contribution in [0.3, 0.4) is 0 Å². The molecule has 0 saturated carbocycles. The number of rotatable bonds is 4. The van der Waals surface area contributed by atoms with Gasteiger partial charge >= 0.3 is 6.18 Å². The summed E-state index contributed by atoms with van der Waals surface area (Å²) in [4.78, 5) is 14.2. The summed E-state index contributed by atoms with van der Waals surface area (Å²) in [6.07, 6.45) is -4.74. The van der Waals surface area contributed by atoms with Gasteiger partial charge in [-0.05, 0) is 66.4 Å². The van der Waals surface area contributed by atoms with Crippen LogP contribution >= 0.6 is 27.7 Å². The second-order valence-electron chi connectivity index (χ2n) is 8.90. The van der Waals surface area contributed by atoms with E-state index in [1.807, 2.05) is 6.07 Å². The average molecular weight is 563 g/mol. The van der Waals surface area contributed by atoms with Gasteiger partial charge < -0.3 is 10.4 Å². The number of anilines is 1. The number of nitrogens with zero attached hydrogens (tertiary/aromatic N) is 1. The molecule has 0 fully saturated rings. The van der Waals surface area contributed by atoms with Crippen LogP contribution in [0.4, 0.5) is 18.9 Å². The first-order valence-electron chi connectivity index (χ1n) is 10.5. The highest BCUT2D eigenvalue weighted by Gasteiger charge is 2.35. The number of amides is 1. The van der Waals surface area contributed by atoms with Crippen molar-refractivity contribution in [3.63, 3.8) is 0 Å². The molecule has 35 heavy (non-hydrogen) atoms. The molecule has 0 radical (unpaired) electrons. The molecule has 2 N–H and O–H groups in total. The van der Waals surface area contributed by atoms with Gasteiger partial charge in [0.1, 0.15) is 5.75 Å². The molecule has 0 aliphatic heterocycles. The molecule has 0 spiro atoms. The molecule has 0 aliphatic rings. The van der Waals surface area contributed by atoms with E-state index in [1.165, 1.54) is 25.1 Å². The zero-order valence-corrected chi connectivity index (χ0v) is 21.7. The van der Waals surface area contributed by atoms with E-state index in [4.69, 9.17) is 0 Å². The van der Waals surface area contributed by atoms with Crippen LogP contribution in [-0.4, -0.2) is 11.0 Å². The minimum absolute atomic E-state index is 0.162. The summed E-state index contributed by atoms with van der Waals surface area (Å²) in [6, 6.07) is 14.3. The number of nitriles is 1. The number of nitrogens with one attached hydrogen (secondary N) is 1. The maximum Gasteiger partial charge on any atom is 0.418 e. The van der Waals surface area contributed by atoms with E-state index in [2.05, 4.69) is 21.2 Å². The molecule has 0 bridgehead atoms. The highest BCUT2D eigenvalue weighted by Crippen LogP contribution is 2.41. The first kappa shape index (κ1) is 26.6. The largest absolute Gasteiger partial charge is 0.507 e. The standard InChI is InChI=1S/C26H22BrF3N2O2S/c1-14-15(13-31)11-20(25(2,3)4)23(33)22(14)24(34)32-21-10-9-18(12-19(21)26(28,29)30)35-17-7-5-16(27)6-8-17/h5-12,33H,1-4H3,(H,32,34). The highest BCUT2D eigenvalue weighted by atomic mass is 79.9. The minimum Gasteiger partial charge on any atom is -0.507 e. The summed E-state index contributed by atoms with van der Waals surface area (Å²) in [5, 5.41) is 22.6. The lowest BCUT2D eigenvalue weighted by atomic mass is 9.82. The van der Waals surface area contributed by atoms with Crippen LogP contribution in [0.25, 0.3) is 0 Å². The second kappa shape index (κ2) is 9.96. The van der Waals surface area contributed by atoms with Gasteiger partial charge in [-0.2, -0.15) is 18.4 Å². The molecule has 3 aromatic carbocycles. The Hall–Kier alpha value is -2.96. The molecule has 0 heterocycles. The van der Waals surface area contributed by atoms with Gasteiger partial charge in [0, 0.05) is 19.8 Å². The van der Waals surface area contributed by atoms with Gasteiger partial charge in [-0.25, -0.2) is 0 Å². The van der Waals surface area contributed by atoms with E-state index in [1.54, 1.807) is 45.0 Å². The summed E-state index contributed by atoms with van der Waals surface area (Å²) >= 11 is 4.48. The summed E-state index contributed by atoms with van der Waals surface area (Å²) in [5.41, 5.74) is -1.60. The maximum absolute atomic E-state index is 13.9. The Morgan fingerprint density at radius 1 is 1.03 bits per heavy atom. The Kier molecular flexibility index (Phi) is 7.58. The highest BCUT2D eigenvalue weighted by molar-refractivity contribution is 9.10. The number of aromatic hydroxyl groups is 1. The van der Waals surface area contributed by atoms with Crippen molar-refractivity contribution in [2.75, 3.05) is 5.32 Å². The molecule has 0 aliphatic carbocycles. The molecule has 0 unspecified atom stereocenters. The lowest BCUT2D eigenvalue weighted by Gasteiger charge is -2.24. The normalized spacial score (nSPS) is 11.7. The number of phenolic OH excluding ortho intramolecular Hbond substituents is 1. The molecule has 0 aromatic heterocycles. The smallest absolute Gasteiger partial charge is 0.418 e. The number of carbonyl (C=O) groups excluding carboxylic acids is 1. The topological polar surface area (TPSA) is 73.1 Å². The molecule has 0 saturated heterocycles. The zero-order valence-electron chi connectivity index (χ0n) is 19.3. The van der Waals surface area contributed by atoms with Crippen LogP contribution in [0, 0.1) is 18.3 Å². The van der Waals surface area contributed by atoms with E-state index in [0.717, 1.165) is 27.2 Å². The number of hydrogen-bond donors (Lipinski definition) is 2. The van der Waals surface area contributed by atoms with Crippen molar-refractivity contribution in [3.8, 4) is 11.8 Å². The molecular weight excluding hydrogens is 541 g/mol. The van der Waals surface area contributed by atoms with E-state index in [-0.39, 0.29) is 22.4 Å². The lowest BCUT2D eigenvalue weighted by molar-refractivity contribution is -0.137. The zero-order chi connectivity index (χ0) is 26.1. The second-order valence-corrected chi connectivity index (χ2v) is 11.0. The van der Waals surface area contributed by atoms with Gasteiger partial charge in [0.2, 0.25) is 0 Å². The summed E-state index contributed by atoms with van der Waals surface area (Å²) in [5.74, 6) is -1.29. The molecule has 9 heteroatoms. The fourth-order valence-electron chi connectivity index (χ4n) is 3.49. The number of carbonyl (C=O) groups is 1. The number of hydrogen-bond acceptors (Lipinski definition) is 4. The van der Waals surface area contributed by atoms with Crippen molar-refractivity contribution < 1.29 is 23.1 Å². The third-order valence-electron chi connectivity index (χ3n) is 5.31. The van der Waals surface area contributed by atoms with Crippen LogP contribution in [0.5, 0.6) is 5.75 Å². The predicted octanol–water partition coefficient (Wildman–Crippen LogP) is 8.05. The van der Waals surface area contributed by atoms with E-state index >= 15 is 0 Å². The number of phenols is 1. The van der Waals surface area contributed by atoms with Crippen molar-refractivity contribution in [2.24, 2.45) is 0 Å². The first-order chi connectivity index (χ1) is 16.2. The van der Waals surface area contributed by atoms with Gasteiger partial charge in [0.25, 0.3) is 5.91 Å². The van der Waals surface area contributed by atoms with Gasteiger partial charge in [-0.1, -0.05) is 48.5 Å². The molecule has 4 nitrogen and oxygen atoms in total. The van der Waals surface area contributed by atoms with Crippen LogP contribution < -0.4 is 5.32 Å². The van der Waals surface area contributed by atoms with E-state index in [0.29, 0.717) is 10.5 Å². The molecule has 182 valence electrons. The minimum atomic E-state index is -4.74. The van der Waals surface area contributed by atoms with Crippen LogP contribution in [-0.2, 0) is 11.6 Å². The van der Waals surface area contributed by atoms with Gasteiger partial charge in [-0.3, -0.25) is 4.79 Å². The van der Waals surface area contributed by atoms with Crippen LogP contribution in [0.1, 0.15) is 53.4 Å². The van der Waals surface area contributed by atoms with Crippen molar-refractivity contribution in [1.82, 2.24) is 0 Å². The van der Waals surface area contributed by atoms with Gasteiger partial charge in [0.05, 0.1) is 28.4 Å². The molecular formula is C26H22BrF3N2O2S. The van der Waals surface area contributed by atoms with Crippen LogP contribution in [0.2, 0.25) is 0 Å². The monoisotopic (exact) mass is 562 g/mol. The number of halogens is 4. The Balaban J connectivity index is 2.03. The third kappa shape index (κ3) is 6.00. The Labute approximate surface area is 214 Å². The van der Waals surface area contributed by atoms with Crippen molar-refractivity contribution in [1.29, 1.82) is 5.26 Å². The van der Waals surface area contributed by atoms with Gasteiger partial charge in [0.15, 0.2) is 0 Å². The number of benzene rings is 3. The Bertz CT molecular complexity index is 1320. The lowest BCUT2D eigenvalue weighted by Crippen LogP contribution is -2.20. The van der Waals surface area contributed by atoms with Crippen molar-refractivity contribution in [3.05, 3.63) is 80.8 Å². The fourth-order valence-corrected chi connectivity index (χ4v) is 4.61. The van der Waals surface area contributed by atoms with Crippen molar-refractivity contribution >= 4 is 39.3 Å². The summed E-state index contributed by atoms with van der Waals surface area (Å²) in [6.45, 7) is 6.86. The number of alkyl halides is 3. The maximum atomic E-state index is 13.9. The average Bonchev–Trinajstić information content (AvgIpc) is 2.75. The molecule has 1 amide bonds. The molecule has 0 atom stereocenters. The SMILES string of the molecule is Cc1c(C#N)cc(C(C)(C)C)c(O)c1C(=O)Nc1ccc(Sc2ccc(Br)cc2)cc1C(F)(F)F. The predicted molar refractivity (Wildman–Crippen MR) is 134 cm³/mol. The summed E-state index contributed by atoms with van der Waals surface area (Å²) in [7, 11) is 0. The van der Waals surface area contributed by atoms with E-state index in [9.17, 15) is 28.3 Å². The van der Waals surface area contributed by atoms with Crippen LogP contribution in [0.15, 0.2) is 62.8 Å². The van der Waals surface area contributed by atoms with Gasteiger partial charge in [-0.15, -0.1) is 0 Å². The Morgan fingerprint density at radius 2 is 1.63 bits per heavy atom. The van der Waals surface area contributed by atoms with Crippen molar-refractivity contribution in [2.45, 2.75) is 49.1 Å². The molecule has 3 aromatic rings. The van der Waals surface area contributed by atoms with E-state index < -0.39 is 28.7 Å².